The molecule has 134 valence electrons. The van der Waals surface area contributed by atoms with Gasteiger partial charge >= 0.3 is 5.97 Å². The first-order valence-electron chi connectivity index (χ1n) is 8.49. The summed E-state index contributed by atoms with van der Waals surface area (Å²) in [4.78, 5) is 61.7. The average Bonchev–Trinajstić information content (AvgIpc) is 2.53. The molecule has 3 aliphatic carbocycles. The van der Waals surface area contributed by atoms with Gasteiger partial charge in [0.2, 0.25) is 0 Å². The number of Topliss-reactive ketones (excluding diaryl/α,β-unsaturated/α-hetero) is 4. The first-order chi connectivity index (χ1) is 12.3. The number of aromatic hydroxyl groups is 1. The number of hydrogen-bond donors (Lipinski definition) is 2. The van der Waals surface area contributed by atoms with Gasteiger partial charge in [-0.25, -0.2) is 0 Å². The molecule has 1 aromatic carbocycles. The molecular formula is C19H16O7. The van der Waals surface area contributed by atoms with E-state index >= 15 is 0 Å². The highest BCUT2D eigenvalue weighted by molar-refractivity contribution is 6.27. The van der Waals surface area contributed by atoms with Gasteiger partial charge < -0.3 is 10.2 Å². The van der Waals surface area contributed by atoms with Gasteiger partial charge in [0.15, 0.2) is 29.1 Å². The van der Waals surface area contributed by atoms with Crippen LogP contribution in [0.4, 0.5) is 0 Å². The summed E-state index contributed by atoms with van der Waals surface area (Å²) in [6.45, 7) is 0. The lowest BCUT2D eigenvalue weighted by molar-refractivity contribution is -0.158. The Morgan fingerprint density at radius 3 is 2.35 bits per heavy atom. The van der Waals surface area contributed by atoms with Gasteiger partial charge in [-0.3, -0.25) is 24.0 Å². The molecule has 0 spiro atoms. The van der Waals surface area contributed by atoms with Crippen molar-refractivity contribution < 1.29 is 34.2 Å². The van der Waals surface area contributed by atoms with Crippen LogP contribution in [0.1, 0.15) is 28.8 Å². The maximum absolute atomic E-state index is 13.0. The minimum atomic E-state index is -1.82. The SMILES string of the molecule is O=C(O)C1C(=O)CC2CC3Cc4cccc(O)c4C(=O)C3C(=O)C2C1=O. The third kappa shape index (κ3) is 2.16. The van der Waals surface area contributed by atoms with E-state index in [2.05, 4.69) is 0 Å². The minimum absolute atomic E-state index is 0.106. The summed E-state index contributed by atoms with van der Waals surface area (Å²) >= 11 is 0. The quantitative estimate of drug-likeness (QED) is 0.713. The van der Waals surface area contributed by atoms with Crippen LogP contribution in [0.2, 0.25) is 0 Å². The largest absolute Gasteiger partial charge is 0.507 e. The van der Waals surface area contributed by atoms with Gasteiger partial charge in [-0.2, -0.15) is 0 Å². The van der Waals surface area contributed by atoms with Gasteiger partial charge in [0.25, 0.3) is 0 Å². The molecular weight excluding hydrogens is 340 g/mol. The zero-order chi connectivity index (χ0) is 18.7. The molecule has 1 aromatic rings. The fourth-order valence-electron chi connectivity index (χ4n) is 4.89. The third-order valence-electron chi connectivity index (χ3n) is 5.92. The van der Waals surface area contributed by atoms with E-state index in [4.69, 9.17) is 5.11 Å². The Labute approximate surface area is 148 Å². The molecule has 0 aromatic heterocycles. The molecule has 2 saturated carbocycles. The Hall–Kier alpha value is -2.83. The summed E-state index contributed by atoms with van der Waals surface area (Å²) in [6, 6.07) is 4.72. The van der Waals surface area contributed by atoms with Crippen molar-refractivity contribution in [3.05, 3.63) is 29.3 Å². The Bertz CT molecular complexity index is 884. The van der Waals surface area contributed by atoms with Crippen LogP contribution in [0.15, 0.2) is 18.2 Å². The number of carboxylic acids is 1. The monoisotopic (exact) mass is 356 g/mol. The Morgan fingerprint density at radius 1 is 0.962 bits per heavy atom. The molecule has 0 bridgehead atoms. The summed E-state index contributed by atoms with van der Waals surface area (Å²) in [5, 5.41) is 19.2. The van der Waals surface area contributed by atoms with Crippen LogP contribution in [-0.4, -0.2) is 39.3 Å². The molecule has 2 fully saturated rings. The van der Waals surface area contributed by atoms with Gasteiger partial charge in [0.1, 0.15) is 5.75 Å². The average molecular weight is 356 g/mol. The number of phenols is 1. The summed E-state index contributed by atoms with van der Waals surface area (Å²) in [6.07, 6.45) is 0.606. The van der Waals surface area contributed by atoms with Crippen LogP contribution in [0, 0.1) is 29.6 Å². The van der Waals surface area contributed by atoms with E-state index in [1.54, 1.807) is 12.1 Å². The topological polar surface area (TPSA) is 126 Å². The number of carbonyl (C=O) groups is 5. The van der Waals surface area contributed by atoms with Crippen LogP contribution < -0.4 is 0 Å². The van der Waals surface area contributed by atoms with Gasteiger partial charge in [0.05, 0.1) is 17.4 Å². The highest BCUT2D eigenvalue weighted by Gasteiger charge is 2.57. The highest BCUT2D eigenvalue weighted by atomic mass is 16.4. The van der Waals surface area contributed by atoms with Gasteiger partial charge in [-0.05, 0) is 36.3 Å². The van der Waals surface area contributed by atoms with Gasteiger partial charge in [0, 0.05) is 6.42 Å². The van der Waals surface area contributed by atoms with Gasteiger partial charge in [-0.1, -0.05) is 12.1 Å². The predicted octanol–water partition coefficient (Wildman–Crippen LogP) is 0.811. The predicted molar refractivity (Wildman–Crippen MR) is 85.5 cm³/mol. The second-order valence-electron chi connectivity index (χ2n) is 7.34. The van der Waals surface area contributed by atoms with E-state index < -0.39 is 52.8 Å². The number of rotatable bonds is 1. The first-order valence-corrected chi connectivity index (χ1v) is 8.49. The normalized spacial score (nSPS) is 33.3. The number of fused-ring (bicyclic) bond motifs is 3. The fraction of sp³-hybridized carbons (Fsp3) is 0.421. The zero-order valence-corrected chi connectivity index (χ0v) is 13.7. The molecule has 0 radical (unpaired) electrons. The molecule has 4 rings (SSSR count). The number of carboxylic acid groups (broad SMARTS) is 1. The Morgan fingerprint density at radius 2 is 1.65 bits per heavy atom. The number of ketones is 4. The molecule has 2 N–H and O–H groups in total. The summed E-state index contributed by atoms with van der Waals surface area (Å²) in [7, 11) is 0. The number of benzene rings is 1. The van der Waals surface area contributed by atoms with Crippen molar-refractivity contribution in [2.75, 3.05) is 0 Å². The number of aliphatic carboxylic acids is 1. The van der Waals surface area contributed by atoms with E-state index in [-0.39, 0.29) is 23.7 Å². The molecule has 5 atom stereocenters. The third-order valence-corrected chi connectivity index (χ3v) is 5.92. The molecule has 0 saturated heterocycles. The molecule has 26 heavy (non-hydrogen) atoms. The molecule has 0 aliphatic heterocycles. The van der Waals surface area contributed by atoms with Crippen molar-refractivity contribution in [1.29, 1.82) is 0 Å². The van der Waals surface area contributed by atoms with E-state index in [0.717, 1.165) is 0 Å². The fourth-order valence-corrected chi connectivity index (χ4v) is 4.89. The zero-order valence-electron chi connectivity index (χ0n) is 13.7. The van der Waals surface area contributed by atoms with E-state index in [0.29, 0.717) is 18.4 Å². The molecule has 0 heterocycles. The molecule has 0 amide bonds. The summed E-state index contributed by atoms with van der Waals surface area (Å²) in [5.74, 6) is -9.46. The minimum Gasteiger partial charge on any atom is -0.507 e. The maximum Gasteiger partial charge on any atom is 0.321 e. The molecule has 5 unspecified atom stereocenters. The second-order valence-corrected chi connectivity index (χ2v) is 7.34. The van der Waals surface area contributed by atoms with Crippen LogP contribution in [0.25, 0.3) is 0 Å². The number of hydrogen-bond acceptors (Lipinski definition) is 6. The lowest BCUT2D eigenvalue weighted by atomic mass is 9.56. The van der Waals surface area contributed by atoms with Crippen LogP contribution in [0.5, 0.6) is 5.75 Å². The van der Waals surface area contributed by atoms with E-state index in [9.17, 15) is 29.1 Å². The van der Waals surface area contributed by atoms with Gasteiger partial charge in [-0.15, -0.1) is 0 Å². The highest BCUT2D eigenvalue weighted by Crippen LogP contribution is 2.47. The summed E-state index contributed by atoms with van der Waals surface area (Å²) in [5.41, 5.74) is 0.758. The second kappa shape index (κ2) is 5.59. The van der Waals surface area contributed by atoms with Crippen molar-refractivity contribution in [2.45, 2.75) is 19.3 Å². The van der Waals surface area contributed by atoms with Crippen molar-refractivity contribution in [3.8, 4) is 5.75 Å². The Kier molecular flexibility index (Phi) is 3.57. The van der Waals surface area contributed by atoms with Crippen molar-refractivity contribution in [1.82, 2.24) is 0 Å². The Balaban J connectivity index is 1.75. The van der Waals surface area contributed by atoms with Crippen LogP contribution in [-0.2, 0) is 25.6 Å². The van der Waals surface area contributed by atoms with Crippen molar-refractivity contribution >= 4 is 29.1 Å². The lowest BCUT2D eigenvalue weighted by Crippen LogP contribution is -2.56. The van der Waals surface area contributed by atoms with Crippen molar-refractivity contribution in [3.63, 3.8) is 0 Å². The first kappa shape index (κ1) is 16.6. The maximum atomic E-state index is 13.0. The number of phenolic OH excluding ortho intramolecular Hbond substituents is 1. The standard InChI is InChI=1S/C19H16O7/c20-10-3-1-2-7-4-8-5-9-6-11(21)15(19(25)26)18(24)14(9)17(23)13(8)16(22)12(7)10/h1-3,8-9,13-15,20H,4-6H2,(H,25,26). The van der Waals surface area contributed by atoms with E-state index in [1.807, 2.05) is 0 Å². The van der Waals surface area contributed by atoms with Crippen molar-refractivity contribution in [2.24, 2.45) is 29.6 Å². The lowest BCUT2D eigenvalue weighted by Gasteiger charge is -2.43. The number of carbonyl (C=O) groups excluding carboxylic acids is 4. The molecule has 7 nitrogen and oxygen atoms in total. The summed E-state index contributed by atoms with van der Waals surface area (Å²) < 4.78 is 0. The molecule has 7 heteroatoms. The molecule has 3 aliphatic rings. The van der Waals surface area contributed by atoms with E-state index in [1.165, 1.54) is 6.07 Å². The smallest absolute Gasteiger partial charge is 0.321 e. The van der Waals surface area contributed by atoms with Crippen LogP contribution in [0.3, 0.4) is 0 Å². The van der Waals surface area contributed by atoms with Crippen LogP contribution >= 0.6 is 0 Å².